The fraction of sp³-hybridized carbons (Fsp3) is 0.167. The lowest BCUT2D eigenvalue weighted by Crippen LogP contribution is -2.12. The maximum atomic E-state index is 4.49. The van der Waals surface area contributed by atoms with Crippen LogP contribution < -0.4 is 0 Å². The summed E-state index contributed by atoms with van der Waals surface area (Å²) in [6, 6.07) is 12.8. The summed E-state index contributed by atoms with van der Waals surface area (Å²) in [7, 11) is 0. The summed E-state index contributed by atoms with van der Waals surface area (Å²) >= 11 is 0. The predicted octanol–water partition coefficient (Wildman–Crippen LogP) is 2.26. The maximum absolute atomic E-state index is 4.49. The summed E-state index contributed by atoms with van der Waals surface area (Å²) in [6.45, 7) is 0. The second kappa shape index (κ2) is 5.62. The number of pyridine rings is 1. The monoisotopic (exact) mass is 329 g/mol. The highest BCUT2D eigenvalue weighted by atomic mass is 15.4. The fourth-order valence-corrected chi connectivity index (χ4v) is 3.42. The molecule has 0 unspecified atom stereocenters. The van der Waals surface area contributed by atoms with E-state index in [2.05, 4.69) is 49.5 Å². The van der Waals surface area contributed by atoms with Crippen LogP contribution in [0.25, 0.3) is 17.2 Å². The van der Waals surface area contributed by atoms with Crippen LogP contribution in [0.15, 0.2) is 61.6 Å². The van der Waals surface area contributed by atoms with Crippen LogP contribution in [0.2, 0.25) is 0 Å². The van der Waals surface area contributed by atoms with Gasteiger partial charge in [-0.05, 0) is 36.1 Å². The Kier molecular flexibility index (Phi) is 3.16. The Morgan fingerprint density at radius 2 is 1.64 bits per heavy atom. The van der Waals surface area contributed by atoms with Gasteiger partial charge in [0.25, 0.3) is 0 Å². The highest BCUT2D eigenvalue weighted by Gasteiger charge is 2.25. The molecule has 0 amide bonds. The smallest absolute Gasteiger partial charge is 0.159 e. The van der Waals surface area contributed by atoms with Crippen molar-refractivity contribution in [2.45, 2.75) is 18.9 Å². The van der Waals surface area contributed by atoms with Crippen LogP contribution in [-0.2, 0) is 12.8 Å². The van der Waals surface area contributed by atoms with Gasteiger partial charge in [0, 0.05) is 11.8 Å². The minimum absolute atomic E-state index is 0.299. The van der Waals surface area contributed by atoms with E-state index in [9.17, 15) is 0 Å². The van der Waals surface area contributed by atoms with E-state index < -0.39 is 0 Å². The largest absolute Gasteiger partial charge is 0.272 e. The predicted molar refractivity (Wildman–Crippen MR) is 91.1 cm³/mol. The van der Waals surface area contributed by atoms with Crippen molar-refractivity contribution in [3.8, 4) is 17.2 Å². The first-order chi connectivity index (χ1) is 12.4. The number of aromatic nitrogens is 7. The molecule has 7 heteroatoms. The standard InChI is InChI=1S/C18H15N7/c1-2-4-14-8-16(7-13(14)3-1)25-18(20-10-23-25)15-5-6-17(19-9-15)24-11-21-22-12-24/h1-6,9-12,16H,7-8H2. The number of fused-ring (bicyclic) bond motifs is 1. The average molecular weight is 329 g/mol. The van der Waals surface area contributed by atoms with Gasteiger partial charge < -0.3 is 0 Å². The molecule has 0 fully saturated rings. The van der Waals surface area contributed by atoms with E-state index in [1.165, 1.54) is 11.1 Å². The molecule has 1 aliphatic carbocycles. The second-order valence-corrected chi connectivity index (χ2v) is 6.13. The van der Waals surface area contributed by atoms with Gasteiger partial charge in [0.05, 0.1) is 6.04 Å². The molecule has 122 valence electrons. The Hall–Kier alpha value is -3.35. The van der Waals surface area contributed by atoms with Gasteiger partial charge in [-0.3, -0.25) is 4.57 Å². The molecule has 0 N–H and O–H groups in total. The lowest BCUT2D eigenvalue weighted by atomic mass is 10.1. The van der Waals surface area contributed by atoms with E-state index in [1.807, 2.05) is 23.0 Å². The van der Waals surface area contributed by atoms with Crippen LogP contribution in [0.3, 0.4) is 0 Å². The molecule has 1 aliphatic rings. The number of rotatable bonds is 3. The maximum Gasteiger partial charge on any atom is 0.159 e. The molecule has 0 spiro atoms. The normalized spacial score (nSPS) is 13.9. The Labute approximate surface area is 144 Å². The minimum atomic E-state index is 0.299. The molecular weight excluding hydrogens is 314 g/mol. The van der Waals surface area contributed by atoms with E-state index in [0.29, 0.717) is 6.04 Å². The van der Waals surface area contributed by atoms with E-state index in [0.717, 1.165) is 30.0 Å². The zero-order valence-corrected chi connectivity index (χ0v) is 13.4. The van der Waals surface area contributed by atoms with Crippen molar-refractivity contribution < 1.29 is 0 Å². The first-order valence-electron chi connectivity index (χ1n) is 8.16. The molecule has 0 aliphatic heterocycles. The summed E-state index contributed by atoms with van der Waals surface area (Å²) < 4.78 is 3.79. The zero-order chi connectivity index (χ0) is 16.6. The fourth-order valence-electron chi connectivity index (χ4n) is 3.42. The molecule has 0 saturated heterocycles. The first-order valence-corrected chi connectivity index (χ1v) is 8.16. The SMILES string of the molecule is c1ccc2c(c1)CC(n1ncnc1-c1ccc(-n3cnnc3)nc1)C2. The summed E-state index contributed by atoms with van der Waals surface area (Å²) in [4.78, 5) is 8.95. The lowest BCUT2D eigenvalue weighted by Gasteiger charge is -2.13. The lowest BCUT2D eigenvalue weighted by molar-refractivity contribution is 0.479. The number of hydrogen-bond donors (Lipinski definition) is 0. The molecule has 5 rings (SSSR count). The average Bonchev–Trinajstić information content (AvgIpc) is 3.41. The first kappa shape index (κ1) is 14.0. The van der Waals surface area contributed by atoms with Gasteiger partial charge in [-0.1, -0.05) is 24.3 Å². The molecule has 3 aromatic heterocycles. The molecule has 0 saturated carbocycles. The van der Waals surface area contributed by atoms with Gasteiger partial charge in [-0.25, -0.2) is 14.6 Å². The van der Waals surface area contributed by atoms with Gasteiger partial charge in [0.2, 0.25) is 0 Å². The second-order valence-electron chi connectivity index (χ2n) is 6.13. The quantitative estimate of drug-likeness (QED) is 0.576. The van der Waals surface area contributed by atoms with E-state index in [4.69, 9.17) is 0 Å². The van der Waals surface area contributed by atoms with Crippen LogP contribution >= 0.6 is 0 Å². The number of benzene rings is 1. The van der Waals surface area contributed by atoms with E-state index in [1.54, 1.807) is 23.5 Å². The van der Waals surface area contributed by atoms with Crippen molar-refractivity contribution in [2.75, 3.05) is 0 Å². The molecule has 0 atom stereocenters. The number of nitrogens with zero attached hydrogens (tertiary/aromatic N) is 7. The van der Waals surface area contributed by atoms with Gasteiger partial charge in [-0.15, -0.1) is 10.2 Å². The van der Waals surface area contributed by atoms with E-state index >= 15 is 0 Å². The van der Waals surface area contributed by atoms with Crippen molar-refractivity contribution in [2.24, 2.45) is 0 Å². The Balaban J connectivity index is 1.46. The summed E-state index contributed by atoms with van der Waals surface area (Å²) in [6.07, 6.45) is 8.65. The summed E-state index contributed by atoms with van der Waals surface area (Å²) in [5.74, 6) is 1.62. The topological polar surface area (TPSA) is 74.3 Å². The van der Waals surface area contributed by atoms with E-state index in [-0.39, 0.29) is 0 Å². The third-order valence-electron chi connectivity index (χ3n) is 4.64. The van der Waals surface area contributed by atoms with Crippen molar-refractivity contribution in [3.63, 3.8) is 0 Å². The van der Waals surface area contributed by atoms with Gasteiger partial charge >= 0.3 is 0 Å². The van der Waals surface area contributed by atoms with Crippen molar-refractivity contribution in [1.29, 1.82) is 0 Å². The van der Waals surface area contributed by atoms with Gasteiger partial charge in [-0.2, -0.15) is 5.10 Å². The molecule has 3 heterocycles. The van der Waals surface area contributed by atoms with Gasteiger partial charge in [0.1, 0.15) is 24.8 Å². The Morgan fingerprint density at radius 3 is 2.32 bits per heavy atom. The molecule has 0 radical (unpaired) electrons. The van der Waals surface area contributed by atoms with Crippen molar-refractivity contribution >= 4 is 0 Å². The Bertz CT molecular complexity index is 977. The number of hydrogen-bond acceptors (Lipinski definition) is 5. The third-order valence-corrected chi connectivity index (χ3v) is 4.64. The highest BCUT2D eigenvalue weighted by molar-refractivity contribution is 5.55. The summed E-state index contributed by atoms with van der Waals surface area (Å²) in [5.41, 5.74) is 3.75. The van der Waals surface area contributed by atoms with Crippen LogP contribution in [-0.4, -0.2) is 34.5 Å². The molecular formula is C18H15N7. The zero-order valence-electron chi connectivity index (χ0n) is 13.4. The molecule has 7 nitrogen and oxygen atoms in total. The minimum Gasteiger partial charge on any atom is -0.272 e. The van der Waals surface area contributed by atoms with Crippen LogP contribution in [0.1, 0.15) is 17.2 Å². The van der Waals surface area contributed by atoms with Crippen molar-refractivity contribution in [1.82, 2.24) is 34.5 Å². The molecule has 25 heavy (non-hydrogen) atoms. The molecule has 1 aromatic carbocycles. The molecule has 4 aromatic rings. The molecule has 0 bridgehead atoms. The Morgan fingerprint density at radius 1 is 0.880 bits per heavy atom. The third kappa shape index (κ3) is 2.40. The summed E-state index contributed by atoms with van der Waals surface area (Å²) in [5, 5.41) is 12.1. The van der Waals surface area contributed by atoms with Crippen LogP contribution in [0.5, 0.6) is 0 Å². The van der Waals surface area contributed by atoms with Crippen molar-refractivity contribution in [3.05, 3.63) is 72.7 Å². The van der Waals surface area contributed by atoms with Crippen LogP contribution in [0, 0.1) is 0 Å². The highest BCUT2D eigenvalue weighted by Crippen LogP contribution is 2.32. The van der Waals surface area contributed by atoms with Crippen LogP contribution in [0.4, 0.5) is 0 Å². The van der Waals surface area contributed by atoms with Gasteiger partial charge in [0.15, 0.2) is 5.82 Å².